The highest BCUT2D eigenvalue weighted by molar-refractivity contribution is 7.88. The van der Waals surface area contributed by atoms with Gasteiger partial charge in [-0.15, -0.1) is 0 Å². The second kappa shape index (κ2) is 10.5. The van der Waals surface area contributed by atoms with E-state index in [1.807, 2.05) is 23.1 Å². The minimum atomic E-state index is -3.30. The molecule has 0 saturated carbocycles. The van der Waals surface area contributed by atoms with E-state index in [0.29, 0.717) is 48.8 Å². The smallest absolute Gasteiger partial charge is 0.242 e. The number of carbonyl (C=O) groups is 1. The summed E-state index contributed by atoms with van der Waals surface area (Å²) >= 11 is 0. The van der Waals surface area contributed by atoms with E-state index in [4.69, 9.17) is 14.5 Å². The fraction of sp³-hybridized carbons (Fsp3) is 0.440. The third-order valence-corrected chi connectivity index (χ3v) is 8.07. The van der Waals surface area contributed by atoms with Crippen molar-refractivity contribution >= 4 is 40.5 Å². The Hall–Kier alpha value is -2.80. The number of hydrogen-bond donors (Lipinski definition) is 0. The Balaban J connectivity index is 0.00000320. The first kappa shape index (κ1) is 27.2. The van der Waals surface area contributed by atoms with Crippen LogP contribution >= 0.6 is 13.5 Å². The van der Waals surface area contributed by atoms with Gasteiger partial charge in [0.2, 0.25) is 21.8 Å². The summed E-state index contributed by atoms with van der Waals surface area (Å²) in [4.78, 5) is 27.0. The zero-order valence-corrected chi connectivity index (χ0v) is 22.9. The van der Waals surface area contributed by atoms with E-state index >= 15 is 0 Å². The predicted molar refractivity (Wildman–Crippen MR) is 144 cm³/mol. The molecule has 0 spiro atoms. The highest BCUT2D eigenvalue weighted by Gasteiger charge is 2.41. The van der Waals surface area contributed by atoms with Gasteiger partial charge in [0.15, 0.2) is 5.52 Å². The van der Waals surface area contributed by atoms with Crippen LogP contribution in [0, 0.1) is 0 Å². The Morgan fingerprint density at radius 2 is 1.89 bits per heavy atom. The summed E-state index contributed by atoms with van der Waals surface area (Å²) in [6.07, 6.45) is 3.98. The lowest BCUT2D eigenvalue weighted by Gasteiger charge is -2.48. The van der Waals surface area contributed by atoms with Crippen molar-refractivity contribution in [1.29, 1.82) is 0 Å². The molecule has 2 aliphatic rings. The maximum Gasteiger partial charge on any atom is 0.242 e. The number of rotatable bonds is 6. The SMILES string of the molecule is CC(=O)N1CC(C)(c2ccc(-c3cc4nccnc4c(OC[C@@H]4CN(S(C)(=O)=O)CCO4)n3)cc2)C1.S. The van der Waals surface area contributed by atoms with Gasteiger partial charge in [0.05, 0.1) is 24.1 Å². The van der Waals surface area contributed by atoms with Gasteiger partial charge in [-0.3, -0.25) is 9.78 Å². The fourth-order valence-corrected chi connectivity index (χ4v) is 5.55. The van der Waals surface area contributed by atoms with Gasteiger partial charge >= 0.3 is 0 Å². The van der Waals surface area contributed by atoms with Crippen LogP contribution in [0.25, 0.3) is 22.3 Å². The first-order valence-corrected chi connectivity index (χ1v) is 13.6. The predicted octanol–water partition coefficient (Wildman–Crippen LogP) is 1.96. The molecule has 2 aliphatic heterocycles. The zero-order valence-electron chi connectivity index (χ0n) is 21.0. The van der Waals surface area contributed by atoms with Crippen LogP contribution < -0.4 is 4.74 Å². The summed E-state index contributed by atoms with van der Waals surface area (Å²) in [5, 5.41) is 0. The quantitative estimate of drug-likeness (QED) is 0.462. The summed E-state index contributed by atoms with van der Waals surface area (Å²) in [6.45, 7) is 6.19. The van der Waals surface area contributed by atoms with Gasteiger partial charge in [0.25, 0.3) is 0 Å². The molecule has 4 heterocycles. The van der Waals surface area contributed by atoms with Gasteiger partial charge in [-0.25, -0.2) is 18.4 Å². The summed E-state index contributed by atoms with van der Waals surface area (Å²) in [5.41, 5.74) is 3.88. The van der Waals surface area contributed by atoms with Crippen molar-refractivity contribution in [1.82, 2.24) is 24.2 Å². The monoisotopic (exact) mass is 545 g/mol. The first-order valence-electron chi connectivity index (χ1n) is 11.8. The number of carbonyl (C=O) groups excluding carboxylic acids is 1. The van der Waals surface area contributed by atoms with Crippen LogP contribution in [0.4, 0.5) is 0 Å². The number of aromatic nitrogens is 3. The Bertz CT molecular complexity index is 1390. The highest BCUT2D eigenvalue weighted by atomic mass is 32.2. The van der Waals surface area contributed by atoms with Crippen molar-refractivity contribution in [3.63, 3.8) is 0 Å². The van der Waals surface area contributed by atoms with Gasteiger partial charge in [0, 0.05) is 56.5 Å². The maximum atomic E-state index is 11.9. The topological polar surface area (TPSA) is 115 Å². The van der Waals surface area contributed by atoms with Gasteiger partial charge in [-0.05, 0) is 11.6 Å². The molecule has 198 valence electrons. The minimum Gasteiger partial charge on any atom is -0.473 e. The van der Waals surface area contributed by atoms with Gasteiger partial charge < -0.3 is 14.4 Å². The number of morpholine rings is 1. The average molecular weight is 546 g/mol. The number of ether oxygens (including phenoxy) is 2. The van der Waals surface area contributed by atoms with Crippen LogP contribution in [0.5, 0.6) is 5.88 Å². The Kier molecular flexibility index (Phi) is 7.75. The van der Waals surface area contributed by atoms with Gasteiger partial charge in [-0.1, -0.05) is 31.2 Å². The average Bonchev–Trinajstić information content (AvgIpc) is 2.85. The molecular weight excluding hydrogens is 514 g/mol. The molecule has 0 bridgehead atoms. The van der Waals surface area contributed by atoms with Crippen molar-refractivity contribution in [2.45, 2.75) is 25.4 Å². The molecule has 12 heteroatoms. The molecule has 1 atom stereocenters. The zero-order chi connectivity index (χ0) is 25.5. The highest BCUT2D eigenvalue weighted by Crippen LogP contribution is 2.35. The Morgan fingerprint density at radius 1 is 1.19 bits per heavy atom. The lowest BCUT2D eigenvalue weighted by atomic mass is 9.75. The second-order valence-electron chi connectivity index (χ2n) is 9.67. The molecule has 37 heavy (non-hydrogen) atoms. The molecule has 0 radical (unpaired) electrons. The minimum absolute atomic E-state index is 0. The first-order chi connectivity index (χ1) is 17.1. The standard InChI is InChI=1S/C25H29N5O5S.H2S/c1-17(31)29-15-25(2,16-29)19-6-4-18(5-7-19)21-12-22-23(27-9-8-26-22)24(28-21)35-14-20-13-30(10-11-34-20)36(3,32)33;/h4-9,12,20H,10-11,13-16H2,1-3H3;1H2/t20-;/m0./s1. The number of amides is 1. The Labute approximate surface area is 223 Å². The summed E-state index contributed by atoms with van der Waals surface area (Å²) in [7, 11) is -3.30. The summed E-state index contributed by atoms with van der Waals surface area (Å²) in [6, 6.07) is 10.0. The molecule has 1 aromatic carbocycles. The van der Waals surface area contributed by atoms with Crippen LogP contribution in [-0.4, -0.2) is 90.2 Å². The lowest BCUT2D eigenvalue weighted by Crippen LogP contribution is -2.59. The number of hydrogen-bond acceptors (Lipinski definition) is 8. The molecule has 0 aliphatic carbocycles. The van der Waals surface area contributed by atoms with E-state index in [9.17, 15) is 13.2 Å². The summed E-state index contributed by atoms with van der Waals surface area (Å²) < 4.78 is 37.0. The molecule has 2 aromatic heterocycles. The van der Waals surface area contributed by atoms with Crippen molar-refractivity contribution in [3.05, 3.63) is 48.3 Å². The molecular formula is C25H31N5O5S2. The maximum absolute atomic E-state index is 11.9. The number of fused-ring (bicyclic) bond motifs is 1. The number of likely N-dealkylation sites (tertiary alicyclic amines) is 1. The van der Waals surface area contributed by atoms with Crippen LogP contribution in [0.1, 0.15) is 19.4 Å². The molecule has 10 nitrogen and oxygen atoms in total. The summed E-state index contributed by atoms with van der Waals surface area (Å²) in [5.74, 6) is 0.420. The van der Waals surface area contributed by atoms with Crippen LogP contribution in [0.3, 0.4) is 0 Å². The molecule has 0 unspecified atom stereocenters. The number of nitrogens with zero attached hydrogens (tertiary/aromatic N) is 5. The van der Waals surface area contributed by atoms with Gasteiger partial charge in [0.1, 0.15) is 12.7 Å². The van der Waals surface area contributed by atoms with Crippen LogP contribution in [0.2, 0.25) is 0 Å². The normalized spacial score (nSPS) is 19.6. The van der Waals surface area contributed by atoms with Crippen molar-refractivity contribution in [2.75, 3.05) is 45.6 Å². The molecule has 2 fully saturated rings. The molecule has 3 aromatic rings. The van der Waals surface area contributed by atoms with Crippen molar-refractivity contribution < 1.29 is 22.7 Å². The van der Waals surface area contributed by atoms with E-state index in [1.54, 1.807) is 19.3 Å². The lowest BCUT2D eigenvalue weighted by molar-refractivity contribution is -0.136. The number of pyridine rings is 1. The van der Waals surface area contributed by atoms with E-state index in [2.05, 4.69) is 29.0 Å². The fourth-order valence-electron chi connectivity index (χ4n) is 4.70. The molecule has 5 rings (SSSR count). The number of benzene rings is 1. The largest absolute Gasteiger partial charge is 0.473 e. The second-order valence-corrected chi connectivity index (χ2v) is 11.7. The van der Waals surface area contributed by atoms with Crippen molar-refractivity contribution in [3.8, 4) is 17.1 Å². The van der Waals surface area contributed by atoms with Gasteiger partial charge in [-0.2, -0.15) is 17.8 Å². The van der Waals surface area contributed by atoms with E-state index in [1.165, 1.54) is 16.1 Å². The van der Waals surface area contributed by atoms with E-state index in [0.717, 1.165) is 5.56 Å². The third kappa shape index (κ3) is 5.71. The van der Waals surface area contributed by atoms with Crippen molar-refractivity contribution in [2.24, 2.45) is 0 Å². The van der Waals surface area contributed by atoms with Crippen LogP contribution in [0.15, 0.2) is 42.7 Å². The van der Waals surface area contributed by atoms with Crippen LogP contribution in [-0.2, 0) is 25.0 Å². The Morgan fingerprint density at radius 3 is 2.57 bits per heavy atom. The van der Waals surface area contributed by atoms with E-state index < -0.39 is 16.1 Å². The number of sulfonamides is 1. The van der Waals surface area contributed by atoms with E-state index in [-0.39, 0.29) is 38.0 Å². The third-order valence-electron chi connectivity index (χ3n) is 6.80. The molecule has 2 saturated heterocycles. The molecule has 1 amide bonds. The molecule has 0 N–H and O–H groups in total.